The summed E-state index contributed by atoms with van der Waals surface area (Å²) in [4.78, 5) is 34.2. The molecule has 4 rings (SSSR count). The predicted molar refractivity (Wildman–Crippen MR) is 104 cm³/mol. The average molecular weight is 391 g/mol. The van der Waals surface area contributed by atoms with Gasteiger partial charge in [-0.25, -0.2) is 9.78 Å². The highest BCUT2D eigenvalue weighted by molar-refractivity contribution is 7.09. The molecule has 3 aromatic rings. The topological polar surface area (TPSA) is 92.9 Å². The van der Waals surface area contributed by atoms with E-state index in [2.05, 4.69) is 9.97 Å². The second-order valence-electron chi connectivity index (χ2n) is 6.71. The molecular weight excluding hydrogens is 374 g/mol. The van der Waals surface area contributed by atoms with Gasteiger partial charge in [0.15, 0.2) is 18.3 Å². The molecule has 2 aromatic heterocycles. The SMILES string of the molecule is Cc1csc([C@H](C#N)C(=O)COC(=O)c2c3c(nc4ccccc24)CCC3)n1. The lowest BCUT2D eigenvalue weighted by Gasteiger charge is -2.12. The Bertz CT molecular complexity index is 1130. The van der Waals surface area contributed by atoms with Gasteiger partial charge in [-0.1, -0.05) is 18.2 Å². The van der Waals surface area contributed by atoms with Gasteiger partial charge in [-0.15, -0.1) is 11.3 Å². The molecule has 1 aliphatic rings. The molecule has 2 heterocycles. The Morgan fingerprint density at radius 1 is 1.29 bits per heavy atom. The number of rotatable bonds is 5. The number of carbonyl (C=O) groups excluding carboxylic acids is 2. The van der Waals surface area contributed by atoms with Crippen molar-refractivity contribution < 1.29 is 14.3 Å². The minimum absolute atomic E-state index is 0.427. The summed E-state index contributed by atoms with van der Waals surface area (Å²) in [5.74, 6) is -2.04. The Balaban J connectivity index is 1.58. The first kappa shape index (κ1) is 18.3. The summed E-state index contributed by atoms with van der Waals surface area (Å²) in [6, 6.07) is 9.40. The first-order valence-corrected chi connectivity index (χ1v) is 9.88. The maximum atomic E-state index is 12.9. The molecule has 0 radical (unpaired) electrons. The van der Waals surface area contributed by atoms with Crippen molar-refractivity contribution in [1.29, 1.82) is 5.26 Å². The monoisotopic (exact) mass is 391 g/mol. The third-order valence-corrected chi connectivity index (χ3v) is 5.83. The van der Waals surface area contributed by atoms with Gasteiger partial charge in [0, 0.05) is 22.2 Å². The maximum absolute atomic E-state index is 12.9. The number of benzene rings is 1. The molecular formula is C21H17N3O3S. The van der Waals surface area contributed by atoms with Crippen LogP contribution in [-0.2, 0) is 22.4 Å². The van der Waals surface area contributed by atoms with E-state index < -0.39 is 24.3 Å². The molecule has 6 nitrogen and oxygen atoms in total. The number of hydrogen-bond acceptors (Lipinski definition) is 7. The van der Waals surface area contributed by atoms with Gasteiger partial charge < -0.3 is 4.74 Å². The number of ether oxygens (including phenoxy) is 1. The van der Waals surface area contributed by atoms with Crippen molar-refractivity contribution in [2.75, 3.05) is 6.61 Å². The normalized spacial score (nSPS) is 13.7. The molecule has 140 valence electrons. The number of fused-ring (bicyclic) bond motifs is 2. The predicted octanol–water partition coefficient (Wildman–Crippen LogP) is 3.52. The summed E-state index contributed by atoms with van der Waals surface area (Å²) in [5.41, 5.74) is 3.82. The minimum atomic E-state index is -1.02. The highest BCUT2D eigenvalue weighted by atomic mass is 32.1. The second kappa shape index (κ2) is 7.49. The van der Waals surface area contributed by atoms with Crippen LogP contribution in [0.4, 0.5) is 0 Å². The van der Waals surface area contributed by atoms with Crippen molar-refractivity contribution >= 4 is 34.0 Å². The number of carbonyl (C=O) groups is 2. The Hall–Kier alpha value is -3.11. The molecule has 1 aromatic carbocycles. The van der Waals surface area contributed by atoms with Gasteiger partial charge in [-0.3, -0.25) is 9.78 Å². The van der Waals surface area contributed by atoms with E-state index in [1.54, 1.807) is 12.3 Å². The first-order chi connectivity index (χ1) is 13.6. The highest BCUT2D eigenvalue weighted by Gasteiger charge is 2.28. The van der Waals surface area contributed by atoms with E-state index in [-0.39, 0.29) is 0 Å². The molecule has 0 spiro atoms. The largest absolute Gasteiger partial charge is 0.454 e. The number of ketones is 1. The van der Waals surface area contributed by atoms with Crippen molar-refractivity contribution in [1.82, 2.24) is 9.97 Å². The van der Waals surface area contributed by atoms with Crippen LogP contribution in [0.15, 0.2) is 29.6 Å². The summed E-state index contributed by atoms with van der Waals surface area (Å²) in [6.07, 6.45) is 2.54. The molecule has 1 aliphatic carbocycles. The number of nitriles is 1. The zero-order valence-electron chi connectivity index (χ0n) is 15.3. The molecule has 0 aliphatic heterocycles. The molecule has 1 atom stereocenters. The lowest BCUT2D eigenvalue weighted by Crippen LogP contribution is -2.21. The Morgan fingerprint density at radius 3 is 2.86 bits per heavy atom. The van der Waals surface area contributed by atoms with Crippen molar-refractivity contribution in [3.63, 3.8) is 0 Å². The van der Waals surface area contributed by atoms with E-state index >= 15 is 0 Å². The van der Waals surface area contributed by atoms with Gasteiger partial charge >= 0.3 is 5.97 Å². The number of nitrogens with zero attached hydrogens (tertiary/aromatic N) is 3. The van der Waals surface area contributed by atoms with E-state index in [1.807, 2.05) is 30.3 Å². The zero-order valence-corrected chi connectivity index (χ0v) is 16.1. The van der Waals surface area contributed by atoms with Crippen LogP contribution >= 0.6 is 11.3 Å². The van der Waals surface area contributed by atoms with Crippen LogP contribution < -0.4 is 0 Å². The zero-order chi connectivity index (χ0) is 19.7. The number of aryl methyl sites for hydroxylation is 2. The number of Topliss-reactive ketones (excluding diaryl/α,β-unsaturated/α-hetero) is 1. The van der Waals surface area contributed by atoms with Gasteiger partial charge in [0.2, 0.25) is 0 Å². The molecule has 0 bridgehead atoms. The molecule has 0 saturated heterocycles. The number of thiazole rings is 1. The quantitative estimate of drug-likeness (QED) is 0.618. The first-order valence-electron chi connectivity index (χ1n) is 9.00. The fourth-order valence-electron chi connectivity index (χ4n) is 3.51. The number of hydrogen-bond donors (Lipinski definition) is 0. The molecule has 28 heavy (non-hydrogen) atoms. The number of esters is 1. The van der Waals surface area contributed by atoms with Gasteiger partial charge in [-0.2, -0.15) is 5.26 Å². The van der Waals surface area contributed by atoms with Gasteiger partial charge in [0.25, 0.3) is 0 Å². The van der Waals surface area contributed by atoms with Gasteiger partial charge in [-0.05, 0) is 37.8 Å². The van der Waals surface area contributed by atoms with Crippen LogP contribution in [-0.4, -0.2) is 28.3 Å². The number of pyridine rings is 1. The minimum Gasteiger partial charge on any atom is -0.454 e. The lowest BCUT2D eigenvalue weighted by molar-refractivity contribution is -0.122. The van der Waals surface area contributed by atoms with E-state index in [9.17, 15) is 14.9 Å². The summed E-state index contributed by atoms with van der Waals surface area (Å²) < 4.78 is 5.34. The second-order valence-corrected chi connectivity index (χ2v) is 7.60. The Kier molecular flexibility index (Phi) is 4.88. The van der Waals surface area contributed by atoms with Crippen LogP contribution in [0, 0.1) is 18.3 Å². The number of aromatic nitrogens is 2. The summed E-state index contributed by atoms with van der Waals surface area (Å²) >= 11 is 1.26. The molecule has 0 N–H and O–H groups in total. The Labute approximate surface area is 165 Å². The van der Waals surface area contributed by atoms with Crippen LogP contribution in [0.1, 0.15) is 44.7 Å². The van der Waals surface area contributed by atoms with Crippen molar-refractivity contribution in [3.05, 3.63) is 57.2 Å². The fraction of sp³-hybridized carbons (Fsp3) is 0.286. The molecule has 7 heteroatoms. The summed E-state index contributed by atoms with van der Waals surface area (Å²) in [6.45, 7) is 1.34. The molecule has 0 unspecified atom stereocenters. The summed E-state index contributed by atoms with van der Waals surface area (Å²) in [5, 5.41) is 12.3. The third kappa shape index (κ3) is 3.27. The molecule has 0 fully saturated rings. The molecule has 0 saturated carbocycles. The van der Waals surface area contributed by atoms with E-state index in [0.29, 0.717) is 10.6 Å². The standard InChI is InChI=1S/C21H17N3O3S/c1-12-11-28-20(23-12)15(9-22)18(25)10-27-21(26)19-13-5-2-3-7-16(13)24-17-8-4-6-14(17)19/h2-3,5,7,11,15H,4,6,8,10H2,1H3/t15-/m1/s1. The van der Waals surface area contributed by atoms with Crippen LogP contribution in [0.5, 0.6) is 0 Å². The third-order valence-electron chi connectivity index (χ3n) is 4.80. The van der Waals surface area contributed by atoms with Crippen molar-refractivity contribution in [3.8, 4) is 6.07 Å². The van der Waals surface area contributed by atoms with Gasteiger partial charge in [0.1, 0.15) is 5.01 Å². The van der Waals surface area contributed by atoms with Crippen molar-refractivity contribution in [2.24, 2.45) is 0 Å². The van der Waals surface area contributed by atoms with E-state index in [1.165, 1.54) is 11.3 Å². The van der Waals surface area contributed by atoms with Crippen LogP contribution in [0.3, 0.4) is 0 Å². The lowest BCUT2D eigenvalue weighted by atomic mass is 10.0. The fourth-order valence-corrected chi connectivity index (χ4v) is 4.37. The van der Waals surface area contributed by atoms with Crippen molar-refractivity contribution in [2.45, 2.75) is 32.1 Å². The number of para-hydroxylation sites is 1. The van der Waals surface area contributed by atoms with E-state index in [4.69, 9.17) is 4.74 Å². The molecule has 0 amide bonds. The Morgan fingerprint density at radius 2 is 2.11 bits per heavy atom. The average Bonchev–Trinajstić information content (AvgIpc) is 3.33. The maximum Gasteiger partial charge on any atom is 0.339 e. The van der Waals surface area contributed by atoms with Gasteiger partial charge in [0.05, 0.1) is 17.1 Å². The summed E-state index contributed by atoms with van der Waals surface area (Å²) in [7, 11) is 0. The van der Waals surface area contributed by atoms with Crippen LogP contribution in [0.2, 0.25) is 0 Å². The highest BCUT2D eigenvalue weighted by Crippen LogP contribution is 2.30. The van der Waals surface area contributed by atoms with E-state index in [0.717, 1.165) is 47.1 Å². The van der Waals surface area contributed by atoms with Crippen LogP contribution in [0.25, 0.3) is 10.9 Å². The smallest absolute Gasteiger partial charge is 0.339 e.